The van der Waals surface area contributed by atoms with Crippen LogP contribution in [0.1, 0.15) is 34.6 Å². The van der Waals surface area contributed by atoms with Crippen molar-refractivity contribution in [3.05, 3.63) is 76.5 Å². The highest BCUT2D eigenvalue weighted by atomic mass is 19.1. The molecule has 7 nitrogen and oxygen atoms in total. The summed E-state index contributed by atoms with van der Waals surface area (Å²) in [6.45, 7) is 1.54. The first-order valence-corrected chi connectivity index (χ1v) is 11.2. The quantitative estimate of drug-likeness (QED) is 0.524. The van der Waals surface area contributed by atoms with E-state index in [1.807, 2.05) is 12.1 Å². The summed E-state index contributed by atoms with van der Waals surface area (Å²) in [6, 6.07) is 9.40. The predicted molar refractivity (Wildman–Crippen MR) is 120 cm³/mol. The molecule has 6 rings (SSSR count). The average molecular weight is 478 g/mol. The number of amides is 1. The number of ether oxygens (including phenoxy) is 3. The summed E-state index contributed by atoms with van der Waals surface area (Å²) < 4.78 is 45.0. The summed E-state index contributed by atoms with van der Waals surface area (Å²) in [5, 5.41) is 2.54. The molecule has 0 bridgehead atoms. The van der Waals surface area contributed by atoms with Gasteiger partial charge in [-0.2, -0.15) is 0 Å². The van der Waals surface area contributed by atoms with Crippen LogP contribution >= 0.6 is 0 Å². The second-order valence-electron chi connectivity index (χ2n) is 9.02. The van der Waals surface area contributed by atoms with Gasteiger partial charge in [0.1, 0.15) is 53.2 Å². The molecular weight excluding hydrogens is 458 g/mol. The first-order chi connectivity index (χ1) is 16.9. The fourth-order valence-corrected chi connectivity index (χ4v) is 4.84. The van der Waals surface area contributed by atoms with Gasteiger partial charge in [0.2, 0.25) is 0 Å². The van der Waals surface area contributed by atoms with Gasteiger partial charge in [0.05, 0.1) is 5.56 Å². The van der Waals surface area contributed by atoms with Crippen LogP contribution in [0.4, 0.5) is 19.4 Å². The molecule has 35 heavy (non-hydrogen) atoms. The van der Waals surface area contributed by atoms with E-state index >= 15 is 0 Å². The molecule has 3 heterocycles. The maximum atomic E-state index is 14.1. The minimum absolute atomic E-state index is 0.0131. The van der Waals surface area contributed by atoms with Crippen LogP contribution in [-0.4, -0.2) is 23.0 Å². The van der Waals surface area contributed by atoms with Crippen LogP contribution in [0.3, 0.4) is 0 Å². The number of pyridine rings is 1. The number of carbonyl (C=O) groups excluding carboxylic acids is 2. The molecule has 0 unspecified atom stereocenters. The second-order valence-corrected chi connectivity index (χ2v) is 9.02. The number of anilines is 1. The van der Waals surface area contributed by atoms with E-state index in [1.165, 1.54) is 13.1 Å². The highest BCUT2D eigenvalue weighted by molar-refractivity contribution is 5.86. The molecule has 2 aromatic carbocycles. The standard InChI is InChI=1S/C26H20F2N2O5/c1-12-6-20(28)13(8-19(12)27)7-14(31)9-17-23-16-10-15(2-3-21(16)35-24(17)23)34-22-4-5-29-25-18(22)11-33-26(32)30-25/h2-6,8,10,17,23-24H,7,9,11H2,1H3,(H,29,30,32)/t17-,23-,24+/m0/s1. The van der Waals surface area contributed by atoms with Crippen molar-refractivity contribution in [2.45, 2.75) is 38.4 Å². The van der Waals surface area contributed by atoms with Crippen LogP contribution in [0, 0.1) is 24.5 Å². The lowest BCUT2D eigenvalue weighted by molar-refractivity contribution is -0.119. The minimum atomic E-state index is -0.570. The Labute approximate surface area is 199 Å². The van der Waals surface area contributed by atoms with E-state index in [-0.39, 0.29) is 54.3 Å². The number of Topliss-reactive ketones (excluding diaryl/α,β-unsaturated/α-hetero) is 1. The Morgan fingerprint density at radius 3 is 2.91 bits per heavy atom. The van der Waals surface area contributed by atoms with E-state index in [9.17, 15) is 18.4 Å². The number of fused-ring (bicyclic) bond motifs is 4. The number of hydrogen-bond donors (Lipinski definition) is 1. The maximum Gasteiger partial charge on any atom is 0.413 e. The molecule has 3 atom stereocenters. The molecule has 1 aliphatic carbocycles. The van der Waals surface area contributed by atoms with Crippen LogP contribution in [0.15, 0.2) is 42.6 Å². The van der Waals surface area contributed by atoms with Gasteiger partial charge in [0, 0.05) is 36.4 Å². The molecule has 1 saturated carbocycles. The topological polar surface area (TPSA) is 86.8 Å². The number of carbonyl (C=O) groups is 2. The molecule has 1 fully saturated rings. The van der Waals surface area contributed by atoms with Crippen LogP contribution in [-0.2, 0) is 22.6 Å². The third kappa shape index (κ3) is 3.86. The normalized spacial score (nSPS) is 21.1. The van der Waals surface area contributed by atoms with Gasteiger partial charge in [-0.05, 0) is 54.4 Å². The Hall–Kier alpha value is -4.01. The number of nitrogens with zero attached hydrogens (tertiary/aromatic N) is 1. The summed E-state index contributed by atoms with van der Waals surface area (Å²) >= 11 is 0. The van der Waals surface area contributed by atoms with E-state index in [0.29, 0.717) is 22.9 Å². The van der Waals surface area contributed by atoms with Gasteiger partial charge in [-0.25, -0.2) is 18.6 Å². The van der Waals surface area contributed by atoms with E-state index in [4.69, 9.17) is 14.2 Å². The number of cyclic esters (lactones) is 1. The number of halogens is 2. The number of nitrogens with one attached hydrogen (secondary N) is 1. The lowest BCUT2D eigenvalue weighted by Crippen LogP contribution is -2.21. The highest BCUT2D eigenvalue weighted by Gasteiger charge is 2.59. The summed E-state index contributed by atoms with van der Waals surface area (Å²) in [4.78, 5) is 28.2. The van der Waals surface area contributed by atoms with Crippen LogP contribution in [0.2, 0.25) is 0 Å². The van der Waals surface area contributed by atoms with Gasteiger partial charge < -0.3 is 14.2 Å². The number of hydrogen-bond acceptors (Lipinski definition) is 6. The van der Waals surface area contributed by atoms with Crippen molar-refractivity contribution in [2.75, 3.05) is 5.32 Å². The second kappa shape index (κ2) is 8.04. The molecular formula is C26H20F2N2O5. The third-order valence-corrected chi connectivity index (χ3v) is 6.69. The first kappa shape index (κ1) is 21.5. The lowest BCUT2D eigenvalue weighted by Gasteiger charge is -2.19. The van der Waals surface area contributed by atoms with E-state index in [2.05, 4.69) is 10.3 Å². The fraction of sp³-hybridized carbons (Fsp3) is 0.269. The molecule has 2 aliphatic heterocycles. The summed E-state index contributed by atoms with van der Waals surface area (Å²) in [5.74, 6) is 1.02. The number of aromatic nitrogens is 1. The molecule has 0 spiro atoms. The van der Waals surface area contributed by atoms with Crippen molar-refractivity contribution >= 4 is 17.7 Å². The lowest BCUT2D eigenvalue weighted by atomic mass is 10.0. The van der Waals surface area contributed by atoms with Crippen LogP contribution in [0.5, 0.6) is 17.2 Å². The molecule has 3 aromatic rings. The Morgan fingerprint density at radius 2 is 2.06 bits per heavy atom. The smallest absolute Gasteiger partial charge is 0.413 e. The van der Waals surface area contributed by atoms with Gasteiger partial charge in [0.15, 0.2) is 0 Å². The molecule has 9 heteroatoms. The summed E-state index contributed by atoms with van der Waals surface area (Å²) in [5.41, 5.74) is 1.87. The Morgan fingerprint density at radius 1 is 1.20 bits per heavy atom. The van der Waals surface area contributed by atoms with Crippen LogP contribution < -0.4 is 14.8 Å². The molecule has 178 valence electrons. The van der Waals surface area contributed by atoms with Gasteiger partial charge in [0.25, 0.3) is 0 Å². The van der Waals surface area contributed by atoms with E-state index in [0.717, 1.165) is 23.4 Å². The number of rotatable bonds is 6. The Kier molecular flexibility index (Phi) is 4.94. The Bertz CT molecular complexity index is 1390. The number of aryl methyl sites for hydroxylation is 1. The maximum absolute atomic E-state index is 14.1. The number of ketones is 1. The largest absolute Gasteiger partial charge is 0.489 e. The van der Waals surface area contributed by atoms with Crippen LogP contribution in [0.25, 0.3) is 0 Å². The minimum Gasteiger partial charge on any atom is -0.489 e. The van der Waals surface area contributed by atoms with E-state index < -0.39 is 17.7 Å². The SMILES string of the molecule is Cc1cc(F)c(CC(=O)C[C@@H]2[C@H]3Oc4ccc(Oc5ccnc6c5COC(=O)N6)cc4[C@@H]23)cc1F. The average Bonchev–Trinajstić information content (AvgIpc) is 3.33. The monoisotopic (exact) mass is 478 g/mol. The van der Waals surface area contributed by atoms with Crippen molar-refractivity contribution in [1.82, 2.24) is 4.98 Å². The van der Waals surface area contributed by atoms with Gasteiger partial charge >= 0.3 is 6.09 Å². The van der Waals surface area contributed by atoms with Crippen molar-refractivity contribution in [2.24, 2.45) is 5.92 Å². The fourth-order valence-electron chi connectivity index (χ4n) is 4.84. The van der Waals surface area contributed by atoms with Crippen molar-refractivity contribution in [3.63, 3.8) is 0 Å². The third-order valence-electron chi connectivity index (χ3n) is 6.69. The van der Waals surface area contributed by atoms with E-state index in [1.54, 1.807) is 12.1 Å². The predicted octanol–water partition coefficient (Wildman–Crippen LogP) is 5.20. The van der Waals surface area contributed by atoms with Gasteiger partial charge in [-0.3, -0.25) is 10.1 Å². The first-order valence-electron chi connectivity index (χ1n) is 11.2. The van der Waals surface area contributed by atoms with Crippen molar-refractivity contribution in [1.29, 1.82) is 0 Å². The molecule has 0 radical (unpaired) electrons. The Balaban J connectivity index is 1.15. The summed E-state index contributed by atoms with van der Waals surface area (Å²) in [6.07, 6.45) is 0.940. The van der Waals surface area contributed by atoms with Gasteiger partial charge in [-0.1, -0.05) is 0 Å². The highest BCUT2D eigenvalue weighted by Crippen LogP contribution is 2.60. The molecule has 1 amide bonds. The molecule has 1 aromatic heterocycles. The van der Waals surface area contributed by atoms with Gasteiger partial charge in [-0.15, -0.1) is 0 Å². The zero-order chi connectivity index (χ0) is 24.3. The molecule has 0 saturated heterocycles. The molecule has 3 aliphatic rings. The zero-order valence-corrected chi connectivity index (χ0v) is 18.6. The molecule has 1 N–H and O–H groups in total. The number of benzene rings is 2. The zero-order valence-electron chi connectivity index (χ0n) is 18.6. The summed E-state index contributed by atoms with van der Waals surface area (Å²) in [7, 11) is 0. The van der Waals surface area contributed by atoms with Crippen molar-refractivity contribution < 1.29 is 32.6 Å². The van der Waals surface area contributed by atoms with Crippen molar-refractivity contribution in [3.8, 4) is 17.2 Å².